The summed E-state index contributed by atoms with van der Waals surface area (Å²) >= 11 is 0. The van der Waals surface area contributed by atoms with Gasteiger partial charge in [0.05, 0.1) is 0 Å². The molecule has 0 saturated carbocycles. The fourth-order valence-electron chi connectivity index (χ4n) is 0.815. The minimum Gasteiger partial charge on any atom is -0.539 e. The van der Waals surface area contributed by atoms with Gasteiger partial charge >= 0.3 is 7.69 Å². The highest BCUT2D eigenvalue weighted by Crippen LogP contribution is 2.22. The van der Waals surface area contributed by atoms with Crippen LogP contribution in [0.2, 0.25) is 0 Å². The Hall–Kier alpha value is -1.10. The number of benzene rings is 1. The van der Waals surface area contributed by atoms with Crippen molar-refractivity contribution in [2.24, 2.45) is 0 Å². The van der Waals surface area contributed by atoms with Crippen LogP contribution in [0.1, 0.15) is 12.0 Å². The first kappa shape index (κ1) is 9.00. The van der Waals surface area contributed by atoms with Crippen LogP contribution in [-0.4, -0.2) is 12.7 Å². The highest BCUT2D eigenvalue weighted by Gasteiger charge is 2.06. The Morgan fingerprint density at radius 3 is 2.75 bits per heavy atom. The maximum absolute atomic E-state index is 12.1. The molecule has 0 unspecified atom stereocenters. The van der Waals surface area contributed by atoms with Gasteiger partial charge in [0.25, 0.3) is 6.43 Å². The molecular weight excluding hydrogens is 165 g/mol. The average Bonchev–Trinajstić information content (AvgIpc) is 2.05. The van der Waals surface area contributed by atoms with E-state index in [1.165, 1.54) is 24.3 Å². The third-order valence-electron chi connectivity index (χ3n) is 1.34. The van der Waals surface area contributed by atoms with Crippen molar-refractivity contribution < 1.29 is 18.5 Å². The van der Waals surface area contributed by atoms with Crippen molar-refractivity contribution in [1.82, 2.24) is 0 Å². The van der Waals surface area contributed by atoms with Crippen LogP contribution >= 0.6 is 0 Å². The first-order valence-corrected chi connectivity index (χ1v) is 3.36. The summed E-state index contributed by atoms with van der Waals surface area (Å²) in [6.07, 6.45) is -2.51. The second kappa shape index (κ2) is 4.06. The molecule has 0 fully saturated rings. The molecule has 0 amide bonds. The van der Waals surface area contributed by atoms with E-state index >= 15 is 0 Å². The van der Waals surface area contributed by atoms with E-state index in [-0.39, 0.29) is 11.3 Å². The van der Waals surface area contributed by atoms with Gasteiger partial charge in [0, 0.05) is 5.56 Å². The Bertz CT molecular complexity index is 255. The summed E-state index contributed by atoms with van der Waals surface area (Å²) in [5, 5.41) is 8.34. The predicted octanol–water partition coefficient (Wildman–Crippen LogP) is 1.26. The lowest BCUT2D eigenvalue weighted by atomic mass is 10.2. The van der Waals surface area contributed by atoms with Gasteiger partial charge in [-0.1, -0.05) is 12.1 Å². The zero-order chi connectivity index (χ0) is 8.97. The molecular formula is C7H7BF2O2. The normalized spacial score (nSPS) is 10.0. The summed E-state index contributed by atoms with van der Waals surface area (Å²) in [7, 11) is -0.507. The lowest BCUT2D eigenvalue weighted by Crippen LogP contribution is -2.00. The number of halogens is 2. The van der Waals surface area contributed by atoms with Crippen molar-refractivity contribution in [3.63, 3.8) is 0 Å². The molecule has 0 radical (unpaired) electrons. The summed E-state index contributed by atoms with van der Waals surface area (Å²) in [6.45, 7) is 0. The zero-order valence-electron chi connectivity index (χ0n) is 6.21. The largest absolute Gasteiger partial charge is 0.539 e. The van der Waals surface area contributed by atoms with Crippen molar-refractivity contribution in [3.05, 3.63) is 29.8 Å². The molecule has 1 aromatic carbocycles. The van der Waals surface area contributed by atoms with E-state index in [1.54, 1.807) is 0 Å². The van der Waals surface area contributed by atoms with Crippen molar-refractivity contribution in [1.29, 1.82) is 0 Å². The molecule has 0 bridgehead atoms. The van der Waals surface area contributed by atoms with Crippen molar-refractivity contribution in [2.45, 2.75) is 6.43 Å². The van der Waals surface area contributed by atoms with Crippen LogP contribution in [0.25, 0.3) is 0 Å². The van der Waals surface area contributed by atoms with Crippen LogP contribution in [0.4, 0.5) is 8.78 Å². The lowest BCUT2D eigenvalue weighted by molar-refractivity contribution is 0.151. The van der Waals surface area contributed by atoms with E-state index in [0.29, 0.717) is 0 Å². The second-order valence-electron chi connectivity index (χ2n) is 2.15. The van der Waals surface area contributed by atoms with E-state index in [2.05, 4.69) is 4.65 Å². The van der Waals surface area contributed by atoms with E-state index < -0.39 is 14.1 Å². The molecule has 64 valence electrons. The van der Waals surface area contributed by atoms with Gasteiger partial charge in [-0.3, -0.25) is 0 Å². The number of rotatable bonds is 3. The van der Waals surface area contributed by atoms with Crippen molar-refractivity contribution in [3.8, 4) is 5.75 Å². The third kappa shape index (κ3) is 2.20. The summed E-state index contributed by atoms with van der Waals surface area (Å²) in [5.74, 6) is 0.246. The van der Waals surface area contributed by atoms with E-state index in [9.17, 15) is 8.78 Å². The lowest BCUT2D eigenvalue weighted by Gasteiger charge is -2.03. The highest BCUT2D eigenvalue weighted by molar-refractivity contribution is 6.17. The first-order chi connectivity index (χ1) is 5.74. The minimum absolute atomic E-state index is 0.110. The highest BCUT2D eigenvalue weighted by atomic mass is 19.3. The maximum Gasteiger partial charge on any atom is 0.504 e. The Morgan fingerprint density at radius 1 is 1.42 bits per heavy atom. The quantitative estimate of drug-likeness (QED) is 0.695. The van der Waals surface area contributed by atoms with Gasteiger partial charge < -0.3 is 9.68 Å². The number of hydrogen-bond donors (Lipinski definition) is 1. The fraction of sp³-hybridized carbons (Fsp3) is 0.143. The molecule has 1 rings (SSSR count). The van der Waals surface area contributed by atoms with Crippen LogP contribution in [0, 0.1) is 0 Å². The molecule has 0 aliphatic heterocycles. The van der Waals surface area contributed by atoms with Gasteiger partial charge in [0.15, 0.2) is 0 Å². The van der Waals surface area contributed by atoms with Gasteiger partial charge in [0.1, 0.15) is 5.75 Å². The predicted molar refractivity (Wildman–Crippen MR) is 41.4 cm³/mol. The Balaban J connectivity index is 2.81. The van der Waals surface area contributed by atoms with Crippen LogP contribution in [0.3, 0.4) is 0 Å². The van der Waals surface area contributed by atoms with E-state index in [4.69, 9.17) is 5.02 Å². The molecule has 5 heteroatoms. The molecule has 0 aromatic heterocycles. The Kier molecular flexibility index (Phi) is 3.05. The average molecular weight is 172 g/mol. The summed E-state index contributed by atoms with van der Waals surface area (Å²) in [4.78, 5) is 0. The van der Waals surface area contributed by atoms with Crippen LogP contribution < -0.4 is 4.65 Å². The molecule has 0 saturated heterocycles. The second-order valence-corrected chi connectivity index (χ2v) is 2.15. The molecule has 0 spiro atoms. The molecule has 0 atom stereocenters. The third-order valence-corrected chi connectivity index (χ3v) is 1.34. The molecule has 12 heavy (non-hydrogen) atoms. The standard InChI is InChI=1S/C7H7BF2O2/c9-7(10)5-2-1-3-6(4-5)12-8-11/h1-4,7-8,11H. The molecule has 0 aliphatic rings. The monoisotopic (exact) mass is 172 g/mol. The van der Waals surface area contributed by atoms with Gasteiger partial charge in [-0.05, 0) is 12.1 Å². The topological polar surface area (TPSA) is 29.5 Å². The molecule has 1 aromatic rings. The molecule has 0 aliphatic carbocycles. The SMILES string of the molecule is OBOc1cccc(C(F)F)c1. The minimum atomic E-state index is -2.51. The zero-order valence-corrected chi connectivity index (χ0v) is 6.21. The summed E-state index contributed by atoms with van der Waals surface area (Å²) in [5.41, 5.74) is -0.110. The Labute approximate surface area is 69.1 Å². The van der Waals surface area contributed by atoms with Crippen LogP contribution in [0.15, 0.2) is 24.3 Å². The molecule has 2 nitrogen and oxygen atoms in total. The molecule has 0 heterocycles. The molecule has 1 N–H and O–H groups in total. The van der Waals surface area contributed by atoms with E-state index in [0.717, 1.165) is 0 Å². The smallest absolute Gasteiger partial charge is 0.504 e. The summed E-state index contributed by atoms with van der Waals surface area (Å²) < 4.78 is 28.8. The number of alkyl halides is 2. The maximum atomic E-state index is 12.1. The fourth-order valence-corrected chi connectivity index (χ4v) is 0.815. The van der Waals surface area contributed by atoms with E-state index in [1.807, 2.05) is 0 Å². The van der Waals surface area contributed by atoms with Crippen molar-refractivity contribution in [2.75, 3.05) is 0 Å². The van der Waals surface area contributed by atoms with Gasteiger partial charge in [-0.25, -0.2) is 8.78 Å². The van der Waals surface area contributed by atoms with Crippen molar-refractivity contribution >= 4 is 7.69 Å². The van der Waals surface area contributed by atoms with Gasteiger partial charge in [-0.2, -0.15) is 0 Å². The van der Waals surface area contributed by atoms with Crippen LogP contribution in [0.5, 0.6) is 5.75 Å². The van der Waals surface area contributed by atoms with Gasteiger partial charge in [-0.15, -0.1) is 0 Å². The van der Waals surface area contributed by atoms with Crippen LogP contribution in [-0.2, 0) is 0 Å². The first-order valence-electron chi connectivity index (χ1n) is 3.36. The van der Waals surface area contributed by atoms with Gasteiger partial charge in [0.2, 0.25) is 0 Å². The number of hydrogen-bond acceptors (Lipinski definition) is 2. The Morgan fingerprint density at radius 2 is 2.17 bits per heavy atom. The summed E-state index contributed by atoms with van der Waals surface area (Å²) in [6, 6.07) is 5.45.